The van der Waals surface area contributed by atoms with Crippen molar-refractivity contribution >= 4 is 0 Å². The Morgan fingerprint density at radius 2 is 1.00 bits per heavy atom. The molecule has 3 aromatic carbocycles. The van der Waals surface area contributed by atoms with E-state index < -0.39 is 0 Å². The van der Waals surface area contributed by atoms with Gasteiger partial charge >= 0.3 is 0 Å². The molecule has 0 aliphatic carbocycles. The minimum atomic E-state index is 0.130. The fraction of sp³-hybridized carbons (Fsp3) is 0.379. The van der Waals surface area contributed by atoms with Crippen molar-refractivity contribution in [2.45, 2.75) is 72.4 Å². The third-order valence-corrected chi connectivity index (χ3v) is 6.76. The third-order valence-electron chi connectivity index (χ3n) is 6.76. The Morgan fingerprint density at radius 1 is 0.548 bits per heavy atom. The van der Waals surface area contributed by atoms with Crippen LogP contribution in [0.15, 0.2) is 54.6 Å². The molecule has 0 amide bonds. The Kier molecular flexibility index (Phi) is 8.06. The summed E-state index contributed by atoms with van der Waals surface area (Å²) in [6, 6.07) is 20.1. The van der Waals surface area contributed by atoms with Crippen molar-refractivity contribution in [2.75, 3.05) is 0 Å². The zero-order valence-electron chi connectivity index (χ0n) is 19.7. The minimum Gasteiger partial charge on any atom is -0.326 e. The van der Waals surface area contributed by atoms with Gasteiger partial charge in [0.15, 0.2) is 0 Å². The highest BCUT2D eigenvalue weighted by Gasteiger charge is 2.25. The largest absolute Gasteiger partial charge is 0.326 e. The van der Waals surface area contributed by atoms with Crippen molar-refractivity contribution in [2.24, 2.45) is 11.5 Å². The second kappa shape index (κ2) is 10.7. The van der Waals surface area contributed by atoms with Gasteiger partial charge in [-0.25, -0.2) is 0 Å². The fourth-order valence-electron chi connectivity index (χ4n) is 5.26. The van der Waals surface area contributed by atoms with Gasteiger partial charge in [-0.2, -0.15) is 0 Å². The first kappa shape index (κ1) is 23.2. The summed E-state index contributed by atoms with van der Waals surface area (Å²) in [6.45, 7) is 10.1. The average Bonchev–Trinajstić information content (AvgIpc) is 2.83. The summed E-state index contributed by atoms with van der Waals surface area (Å²) in [7, 11) is 0. The van der Waals surface area contributed by atoms with Gasteiger partial charge in [0.25, 0.3) is 0 Å². The zero-order valence-corrected chi connectivity index (χ0v) is 19.7. The van der Waals surface area contributed by atoms with Crippen LogP contribution in [0.1, 0.15) is 83.7 Å². The van der Waals surface area contributed by atoms with E-state index in [1.165, 1.54) is 50.1 Å². The van der Waals surface area contributed by atoms with Crippen LogP contribution in [0.4, 0.5) is 0 Å². The summed E-state index contributed by atoms with van der Waals surface area (Å²) in [5.74, 6) is 0.130. The number of benzene rings is 3. The predicted octanol–water partition coefficient (Wildman–Crippen LogP) is 6.03. The van der Waals surface area contributed by atoms with Crippen molar-refractivity contribution in [3.8, 4) is 0 Å². The Hall–Kier alpha value is -2.42. The van der Waals surface area contributed by atoms with E-state index in [-0.39, 0.29) is 5.92 Å². The lowest BCUT2D eigenvalue weighted by molar-refractivity contribution is 0.857. The molecule has 3 aromatic rings. The molecular formula is C29H38N2. The third kappa shape index (κ3) is 4.46. The second-order valence-electron chi connectivity index (χ2n) is 8.21. The molecule has 31 heavy (non-hydrogen) atoms. The van der Waals surface area contributed by atoms with Gasteiger partial charge in [-0.1, -0.05) is 82.3 Å². The number of hydrogen-bond acceptors (Lipinski definition) is 2. The van der Waals surface area contributed by atoms with Gasteiger partial charge in [0.05, 0.1) is 0 Å². The monoisotopic (exact) mass is 414 g/mol. The minimum absolute atomic E-state index is 0.130. The molecule has 164 valence electrons. The Morgan fingerprint density at radius 3 is 1.35 bits per heavy atom. The van der Waals surface area contributed by atoms with E-state index in [0.29, 0.717) is 13.1 Å². The highest BCUT2D eigenvalue weighted by molar-refractivity contribution is 5.55. The molecule has 4 N–H and O–H groups in total. The lowest BCUT2D eigenvalue weighted by Gasteiger charge is -2.28. The summed E-state index contributed by atoms with van der Waals surface area (Å²) >= 11 is 0. The first-order valence-electron chi connectivity index (χ1n) is 11.9. The number of hydrogen-bond donors (Lipinski definition) is 2. The number of rotatable bonds is 9. The van der Waals surface area contributed by atoms with Crippen LogP contribution in [0, 0.1) is 0 Å². The number of aryl methyl sites for hydroxylation is 2. The van der Waals surface area contributed by atoms with Gasteiger partial charge in [-0.05, 0) is 75.8 Å². The summed E-state index contributed by atoms with van der Waals surface area (Å²) in [5.41, 5.74) is 25.0. The van der Waals surface area contributed by atoms with E-state index in [1.807, 2.05) is 0 Å². The quantitative estimate of drug-likeness (QED) is 0.420. The molecule has 0 unspecified atom stereocenters. The van der Waals surface area contributed by atoms with E-state index in [2.05, 4.69) is 82.3 Å². The van der Waals surface area contributed by atoms with Crippen LogP contribution >= 0.6 is 0 Å². The summed E-state index contributed by atoms with van der Waals surface area (Å²) < 4.78 is 0. The van der Waals surface area contributed by atoms with E-state index in [9.17, 15) is 0 Å². The lowest BCUT2D eigenvalue weighted by atomic mass is 9.77. The number of nitrogens with two attached hydrogens (primary N) is 2. The molecule has 0 aromatic heterocycles. The Balaban J connectivity index is 2.36. The van der Waals surface area contributed by atoms with Crippen molar-refractivity contribution < 1.29 is 0 Å². The van der Waals surface area contributed by atoms with E-state index >= 15 is 0 Å². The van der Waals surface area contributed by atoms with Crippen molar-refractivity contribution in [1.29, 1.82) is 0 Å². The standard InChI is InChI=1S/C29H38N2/c1-5-20-14-16-25(27(18-30)23(20)7-3)29(22-12-10-9-11-13-22)26-17-15-21(6-2)24(8-4)28(26)19-31/h9-17,29H,5-8,18-19,30-31H2,1-4H3. The molecule has 2 heteroatoms. The van der Waals surface area contributed by atoms with Crippen LogP contribution in [0.3, 0.4) is 0 Å². The highest BCUT2D eigenvalue weighted by atomic mass is 14.5. The van der Waals surface area contributed by atoms with Crippen molar-refractivity contribution in [1.82, 2.24) is 0 Å². The van der Waals surface area contributed by atoms with Crippen molar-refractivity contribution in [3.05, 3.63) is 105 Å². The fourth-order valence-corrected chi connectivity index (χ4v) is 5.26. The van der Waals surface area contributed by atoms with Crippen LogP contribution < -0.4 is 11.5 Å². The normalized spacial score (nSPS) is 11.3. The van der Waals surface area contributed by atoms with Gasteiger partial charge < -0.3 is 11.5 Å². The molecule has 0 aliphatic rings. The molecule has 0 bridgehead atoms. The predicted molar refractivity (Wildman–Crippen MR) is 134 cm³/mol. The molecule has 0 atom stereocenters. The van der Waals surface area contributed by atoms with Gasteiger partial charge in [0.2, 0.25) is 0 Å². The summed E-state index contributed by atoms with van der Waals surface area (Å²) in [4.78, 5) is 0. The molecule has 0 saturated carbocycles. The zero-order chi connectivity index (χ0) is 22.4. The molecular weight excluding hydrogens is 376 g/mol. The molecule has 2 nitrogen and oxygen atoms in total. The van der Waals surface area contributed by atoms with Gasteiger partial charge in [0.1, 0.15) is 0 Å². The van der Waals surface area contributed by atoms with Crippen LogP contribution in [0.5, 0.6) is 0 Å². The van der Waals surface area contributed by atoms with Gasteiger partial charge in [-0.3, -0.25) is 0 Å². The first-order chi connectivity index (χ1) is 15.1. The van der Waals surface area contributed by atoms with Gasteiger partial charge in [-0.15, -0.1) is 0 Å². The first-order valence-corrected chi connectivity index (χ1v) is 11.9. The molecule has 0 spiro atoms. The maximum Gasteiger partial charge on any atom is 0.0346 e. The van der Waals surface area contributed by atoms with E-state index in [1.54, 1.807) is 0 Å². The molecule has 0 aliphatic heterocycles. The van der Waals surface area contributed by atoms with Gasteiger partial charge in [0, 0.05) is 19.0 Å². The maximum absolute atomic E-state index is 6.39. The molecule has 0 saturated heterocycles. The van der Waals surface area contributed by atoms with Crippen LogP contribution in [-0.4, -0.2) is 0 Å². The average molecular weight is 415 g/mol. The molecule has 0 radical (unpaired) electrons. The topological polar surface area (TPSA) is 52.0 Å². The van der Waals surface area contributed by atoms with E-state index in [0.717, 1.165) is 25.7 Å². The van der Waals surface area contributed by atoms with Crippen LogP contribution in [0.25, 0.3) is 0 Å². The summed E-state index contributed by atoms with van der Waals surface area (Å²) in [6.07, 6.45) is 4.07. The van der Waals surface area contributed by atoms with E-state index in [4.69, 9.17) is 11.5 Å². The van der Waals surface area contributed by atoms with Crippen LogP contribution in [0.2, 0.25) is 0 Å². The van der Waals surface area contributed by atoms with Crippen LogP contribution in [-0.2, 0) is 38.8 Å². The lowest BCUT2D eigenvalue weighted by Crippen LogP contribution is -2.17. The SMILES string of the molecule is CCc1ccc(C(c2ccccc2)c2ccc(CC)c(CC)c2CN)c(CN)c1CC. The Bertz CT molecular complexity index is 941. The van der Waals surface area contributed by atoms with Crippen molar-refractivity contribution in [3.63, 3.8) is 0 Å². The molecule has 0 fully saturated rings. The maximum atomic E-state index is 6.39. The highest BCUT2D eigenvalue weighted by Crippen LogP contribution is 2.39. The molecule has 3 rings (SSSR count). The molecule has 0 heterocycles. The Labute approximate surface area is 188 Å². The smallest absolute Gasteiger partial charge is 0.0346 e. The second-order valence-corrected chi connectivity index (χ2v) is 8.21. The summed E-state index contributed by atoms with van der Waals surface area (Å²) in [5, 5.41) is 0.